The number of benzene rings is 3. The summed E-state index contributed by atoms with van der Waals surface area (Å²) in [5, 5.41) is 5.03. The summed E-state index contributed by atoms with van der Waals surface area (Å²) in [5.41, 5.74) is 3.22. The van der Waals surface area contributed by atoms with E-state index >= 15 is 0 Å². The van der Waals surface area contributed by atoms with Gasteiger partial charge in [-0.25, -0.2) is 9.79 Å². The topological polar surface area (TPSA) is 83.4 Å². The number of rotatable bonds is 6. The highest BCUT2D eigenvalue weighted by molar-refractivity contribution is 6.77. The molecule has 0 radical (unpaired) electrons. The molecule has 34 heavy (non-hydrogen) atoms. The number of nitrogens with one attached hydrogen (secondary N) is 1. The Morgan fingerprint density at radius 3 is 2.35 bits per heavy atom. The van der Waals surface area contributed by atoms with Crippen molar-refractivity contribution in [3.63, 3.8) is 0 Å². The molecule has 0 spiro atoms. The largest absolute Gasteiger partial charge is 0.464 e. The van der Waals surface area contributed by atoms with Crippen LogP contribution in [-0.4, -0.2) is 35.4 Å². The second-order valence-corrected chi connectivity index (χ2v) is 8.08. The average molecular weight is 475 g/mol. The van der Waals surface area contributed by atoms with Crippen molar-refractivity contribution in [1.82, 2.24) is 0 Å². The van der Waals surface area contributed by atoms with E-state index in [2.05, 4.69) is 15.5 Å². The summed E-state index contributed by atoms with van der Waals surface area (Å²) in [5.74, 6) is -1.07. The molecule has 1 fully saturated rings. The first-order valence-electron chi connectivity index (χ1n) is 10.8. The number of esters is 1. The molecule has 1 atom stereocenters. The Bertz CT molecular complexity index is 1260. The van der Waals surface area contributed by atoms with Gasteiger partial charge in [-0.3, -0.25) is 15.1 Å². The number of aliphatic imine (C=N–C) groups is 1. The number of nitrogens with zero attached hydrogens (tertiary/aromatic N) is 3. The van der Waals surface area contributed by atoms with Crippen LogP contribution in [-0.2, 0) is 14.3 Å². The molecule has 172 valence electrons. The summed E-state index contributed by atoms with van der Waals surface area (Å²) < 4.78 is 5.41. The Balaban J connectivity index is 1.91. The van der Waals surface area contributed by atoms with Gasteiger partial charge in [0.2, 0.25) is 0 Å². The van der Waals surface area contributed by atoms with Crippen LogP contribution in [0.15, 0.2) is 95.0 Å². The predicted molar refractivity (Wildman–Crippen MR) is 135 cm³/mol. The number of hydrogen-bond donors (Lipinski definition) is 1. The van der Waals surface area contributed by atoms with Crippen LogP contribution in [0.3, 0.4) is 0 Å². The lowest BCUT2D eigenvalue weighted by Gasteiger charge is -2.32. The van der Waals surface area contributed by atoms with E-state index in [0.717, 1.165) is 0 Å². The lowest BCUT2D eigenvalue weighted by atomic mass is 9.95. The second-order valence-electron chi connectivity index (χ2n) is 7.65. The van der Waals surface area contributed by atoms with Crippen LogP contribution in [0.25, 0.3) is 0 Å². The standard InChI is InChI=1S/C26H23ClN4O3/c1-3-34-25(33)26(2)23(30-29-20-14-10-11-18(27)17-20)22(28-19-12-6-4-7-13-19)24(32)31(26)21-15-8-5-9-16-21/h4-17,29H,3H2,1-2H3/b28-22?,30-23-. The fraction of sp³-hybridized carbons (Fsp3) is 0.154. The summed E-state index contributed by atoms with van der Waals surface area (Å²) >= 11 is 6.10. The van der Waals surface area contributed by atoms with Crippen molar-refractivity contribution < 1.29 is 14.3 Å². The molecule has 1 amide bonds. The Morgan fingerprint density at radius 1 is 1.03 bits per heavy atom. The van der Waals surface area contributed by atoms with E-state index in [1.165, 1.54) is 4.90 Å². The van der Waals surface area contributed by atoms with Gasteiger partial charge in [0.05, 0.1) is 18.0 Å². The van der Waals surface area contributed by atoms with Crippen LogP contribution in [0.4, 0.5) is 17.1 Å². The van der Waals surface area contributed by atoms with Crippen molar-refractivity contribution in [3.05, 3.63) is 90.0 Å². The van der Waals surface area contributed by atoms with Gasteiger partial charge in [0.1, 0.15) is 5.71 Å². The molecule has 0 bridgehead atoms. The van der Waals surface area contributed by atoms with Crippen LogP contribution < -0.4 is 10.3 Å². The summed E-state index contributed by atoms with van der Waals surface area (Å²) in [7, 11) is 0. The number of carbonyl (C=O) groups is 2. The monoisotopic (exact) mass is 474 g/mol. The van der Waals surface area contributed by atoms with Crippen LogP contribution >= 0.6 is 11.6 Å². The smallest absolute Gasteiger partial charge is 0.338 e. The van der Waals surface area contributed by atoms with Crippen molar-refractivity contribution in [3.8, 4) is 0 Å². The third-order valence-electron chi connectivity index (χ3n) is 5.34. The van der Waals surface area contributed by atoms with Gasteiger partial charge in [0.25, 0.3) is 5.91 Å². The number of halogens is 1. The Kier molecular flexibility index (Phi) is 6.75. The van der Waals surface area contributed by atoms with Gasteiger partial charge in [0, 0.05) is 10.7 Å². The maximum Gasteiger partial charge on any atom is 0.338 e. The molecule has 1 aliphatic heterocycles. The van der Waals surface area contributed by atoms with E-state index in [-0.39, 0.29) is 18.0 Å². The molecule has 4 rings (SSSR count). The quantitative estimate of drug-likeness (QED) is 0.390. The first kappa shape index (κ1) is 23.2. The maximum atomic E-state index is 13.8. The molecule has 1 aliphatic rings. The molecule has 3 aromatic carbocycles. The van der Waals surface area contributed by atoms with Gasteiger partial charge >= 0.3 is 5.97 Å². The van der Waals surface area contributed by atoms with E-state index in [1.54, 1.807) is 74.5 Å². The highest BCUT2D eigenvalue weighted by Crippen LogP contribution is 2.35. The summed E-state index contributed by atoms with van der Waals surface area (Å²) in [6.45, 7) is 3.47. The number of carbonyl (C=O) groups excluding carboxylic acids is 2. The minimum Gasteiger partial charge on any atom is -0.464 e. The van der Waals surface area contributed by atoms with E-state index in [4.69, 9.17) is 16.3 Å². The normalized spacial score (nSPS) is 20.1. The first-order valence-corrected chi connectivity index (χ1v) is 11.1. The van der Waals surface area contributed by atoms with E-state index in [0.29, 0.717) is 22.1 Å². The molecular weight excluding hydrogens is 452 g/mol. The van der Waals surface area contributed by atoms with Crippen LogP contribution in [0.5, 0.6) is 0 Å². The molecule has 0 aromatic heterocycles. The Morgan fingerprint density at radius 2 is 1.71 bits per heavy atom. The minimum absolute atomic E-state index is 0.0418. The fourth-order valence-corrected chi connectivity index (χ4v) is 3.92. The summed E-state index contributed by atoms with van der Waals surface area (Å²) in [4.78, 5) is 33.1. The van der Waals surface area contributed by atoms with Crippen LogP contribution in [0.1, 0.15) is 13.8 Å². The highest BCUT2D eigenvalue weighted by Gasteiger charge is 2.58. The van der Waals surface area contributed by atoms with Gasteiger partial charge in [-0.1, -0.05) is 54.1 Å². The first-order chi connectivity index (χ1) is 16.4. The summed E-state index contributed by atoms with van der Waals surface area (Å²) in [6, 6.07) is 24.9. The van der Waals surface area contributed by atoms with Crippen LogP contribution in [0, 0.1) is 0 Å². The molecule has 1 heterocycles. The molecule has 0 aliphatic carbocycles. The lowest BCUT2D eigenvalue weighted by Crippen LogP contribution is -2.55. The molecule has 1 N–H and O–H groups in total. The van der Waals surface area contributed by atoms with E-state index in [1.807, 2.05) is 24.3 Å². The summed E-state index contributed by atoms with van der Waals surface area (Å²) in [6.07, 6.45) is 0. The number of amides is 1. The fourth-order valence-electron chi connectivity index (χ4n) is 3.73. The molecule has 7 nitrogen and oxygen atoms in total. The molecular formula is C26H23ClN4O3. The highest BCUT2D eigenvalue weighted by atomic mass is 35.5. The van der Waals surface area contributed by atoms with Crippen molar-refractivity contribution >= 4 is 52.0 Å². The Labute approximate surface area is 202 Å². The van der Waals surface area contributed by atoms with Crippen molar-refractivity contribution in [1.29, 1.82) is 0 Å². The van der Waals surface area contributed by atoms with Gasteiger partial charge in [-0.15, -0.1) is 0 Å². The minimum atomic E-state index is -1.56. The third-order valence-corrected chi connectivity index (χ3v) is 5.58. The van der Waals surface area contributed by atoms with Crippen molar-refractivity contribution in [2.24, 2.45) is 10.1 Å². The zero-order valence-corrected chi connectivity index (χ0v) is 19.5. The number of anilines is 2. The van der Waals surface area contributed by atoms with Crippen LogP contribution in [0.2, 0.25) is 5.02 Å². The van der Waals surface area contributed by atoms with Gasteiger partial charge in [-0.2, -0.15) is 5.10 Å². The molecule has 1 saturated heterocycles. The molecule has 8 heteroatoms. The maximum absolute atomic E-state index is 13.8. The van der Waals surface area contributed by atoms with Crippen molar-refractivity contribution in [2.45, 2.75) is 19.4 Å². The SMILES string of the molecule is CCOC(=O)C1(C)/C(=N\Nc2cccc(Cl)c2)C(=Nc2ccccc2)C(=O)N1c1ccccc1. The number of hydrogen-bond acceptors (Lipinski definition) is 6. The molecule has 1 unspecified atom stereocenters. The average Bonchev–Trinajstić information content (AvgIpc) is 3.05. The number of ether oxygens (including phenoxy) is 1. The lowest BCUT2D eigenvalue weighted by molar-refractivity contribution is -0.146. The third kappa shape index (κ3) is 4.43. The van der Waals surface area contributed by atoms with E-state index in [9.17, 15) is 9.59 Å². The van der Waals surface area contributed by atoms with Gasteiger partial charge in [-0.05, 0) is 56.3 Å². The second kappa shape index (κ2) is 9.89. The predicted octanol–water partition coefficient (Wildman–Crippen LogP) is 5.25. The van der Waals surface area contributed by atoms with E-state index < -0.39 is 17.4 Å². The number of hydrazone groups is 1. The Hall–Kier alpha value is -3.97. The van der Waals surface area contributed by atoms with Gasteiger partial charge in [0.15, 0.2) is 11.3 Å². The zero-order chi connectivity index (χ0) is 24.1. The molecule has 0 saturated carbocycles. The van der Waals surface area contributed by atoms with Gasteiger partial charge < -0.3 is 4.74 Å². The zero-order valence-electron chi connectivity index (χ0n) is 18.7. The van der Waals surface area contributed by atoms with Crippen molar-refractivity contribution in [2.75, 3.05) is 16.9 Å². The molecule has 3 aromatic rings. The number of para-hydroxylation sites is 2.